The van der Waals surface area contributed by atoms with Crippen LogP contribution in [0.25, 0.3) is 10.8 Å². The number of amides is 2. The van der Waals surface area contributed by atoms with E-state index in [4.69, 9.17) is 0 Å². The normalized spacial score (nSPS) is 13.5. The number of nitrogens with one attached hydrogen (secondary N) is 1. The van der Waals surface area contributed by atoms with E-state index in [0.29, 0.717) is 15.9 Å². The highest BCUT2D eigenvalue weighted by Crippen LogP contribution is 2.36. The van der Waals surface area contributed by atoms with E-state index in [1.165, 1.54) is 23.1 Å². The van der Waals surface area contributed by atoms with Crippen LogP contribution in [0.1, 0.15) is 26.2 Å². The second kappa shape index (κ2) is 8.28. The Morgan fingerprint density at radius 2 is 1.96 bits per heavy atom. The summed E-state index contributed by atoms with van der Waals surface area (Å²) >= 11 is 2.71. The summed E-state index contributed by atoms with van der Waals surface area (Å²) in [4.78, 5) is 26.3. The third-order valence-corrected chi connectivity index (χ3v) is 6.53. The second-order valence-electron chi connectivity index (χ2n) is 6.56. The minimum absolute atomic E-state index is 0.0731. The number of hydrogen-bond donors (Lipinski definition) is 1. The Bertz CT molecular complexity index is 1010. The number of thioether (sulfide) groups is 1. The molecule has 2 aromatic carbocycles. The lowest BCUT2D eigenvalue weighted by molar-refractivity contribution is -0.118. The Labute approximate surface area is 171 Å². The van der Waals surface area contributed by atoms with Crippen LogP contribution in [0, 0.1) is 0 Å². The van der Waals surface area contributed by atoms with Gasteiger partial charge in [0, 0.05) is 23.5 Å². The summed E-state index contributed by atoms with van der Waals surface area (Å²) < 4.78 is 0.692. The predicted octanol–water partition coefficient (Wildman–Crippen LogP) is 4.33. The van der Waals surface area contributed by atoms with Gasteiger partial charge in [0.15, 0.2) is 4.34 Å². The zero-order chi connectivity index (χ0) is 19.5. The van der Waals surface area contributed by atoms with Crippen molar-refractivity contribution in [2.24, 2.45) is 0 Å². The summed E-state index contributed by atoms with van der Waals surface area (Å²) in [6, 6.07) is 14.1. The van der Waals surface area contributed by atoms with Crippen LogP contribution in [-0.4, -0.2) is 33.8 Å². The van der Waals surface area contributed by atoms with Gasteiger partial charge in [-0.15, -0.1) is 10.2 Å². The van der Waals surface area contributed by atoms with Gasteiger partial charge in [-0.2, -0.15) is 0 Å². The average Bonchev–Trinajstić information content (AvgIpc) is 3.44. The van der Waals surface area contributed by atoms with Crippen LogP contribution in [0.5, 0.6) is 0 Å². The van der Waals surface area contributed by atoms with Gasteiger partial charge in [-0.1, -0.05) is 66.4 Å². The Hall–Kier alpha value is -2.45. The van der Waals surface area contributed by atoms with Gasteiger partial charge >= 0.3 is 0 Å². The molecule has 0 spiro atoms. The van der Waals surface area contributed by atoms with Crippen LogP contribution < -0.4 is 10.2 Å². The first-order valence-electron chi connectivity index (χ1n) is 9.21. The van der Waals surface area contributed by atoms with E-state index in [1.807, 2.05) is 49.4 Å². The molecule has 1 aliphatic rings. The number of hydrogen-bond acceptors (Lipinski definition) is 6. The highest BCUT2D eigenvalue weighted by Gasteiger charge is 2.35. The van der Waals surface area contributed by atoms with Gasteiger partial charge in [0.05, 0.1) is 5.75 Å². The molecule has 3 aromatic rings. The Morgan fingerprint density at radius 1 is 1.18 bits per heavy atom. The van der Waals surface area contributed by atoms with E-state index in [9.17, 15) is 9.59 Å². The summed E-state index contributed by atoms with van der Waals surface area (Å²) in [5.41, 5.74) is 0.801. The molecule has 8 heteroatoms. The second-order valence-corrected chi connectivity index (χ2v) is 8.74. The van der Waals surface area contributed by atoms with E-state index < -0.39 is 0 Å². The molecular weight excluding hydrogens is 392 g/mol. The van der Waals surface area contributed by atoms with Crippen molar-refractivity contribution in [2.75, 3.05) is 16.0 Å². The van der Waals surface area contributed by atoms with Crippen molar-refractivity contribution in [3.8, 4) is 0 Å². The highest BCUT2D eigenvalue weighted by molar-refractivity contribution is 8.01. The van der Waals surface area contributed by atoms with Crippen LogP contribution >= 0.6 is 23.1 Å². The molecule has 6 nitrogen and oxygen atoms in total. The smallest absolute Gasteiger partial charge is 0.234 e. The topological polar surface area (TPSA) is 75.2 Å². The molecule has 144 valence electrons. The highest BCUT2D eigenvalue weighted by atomic mass is 32.2. The summed E-state index contributed by atoms with van der Waals surface area (Å²) in [6.45, 7) is 1.85. The standard InChI is InChI=1S/C20H20N4O2S2/c1-2-18(26)24(14-10-11-14)19-22-23-20(28-19)27-12-17(25)21-16-9-5-7-13-6-3-4-8-15(13)16/h3-9,14H,2,10-12H2,1H3,(H,21,25). The van der Waals surface area contributed by atoms with Crippen molar-refractivity contribution in [3.63, 3.8) is 0 Å². The molecule has 1 aromatic heterocycles. The quantitative estimate of drug-likeness (QED) is 0.462. The van der Waals surface area contributed by atoms with E-state index in [2.05, 4.69) is 15.5 Å². The molecule has 0 saturated heterocycles. The van der Waals surface area contributed by atoms with Gasteiger partial charge in [0.25, 0.3) is 0 Å². The summed E-state index contributed by atoms with van der Waals surface area (Å²) in [5.74, 6) is 0.217. The predicted molar refractivity (Wildman–Crippen MR) is 114 cm³/mol. The van der Waals surface area contributed by atoms with Crippen molar-refractivity contribution in [3.05, 3.63) is 42.5 Å². The molecule has 4 rings (SSSR count). The fraction of sp³-hybridized carbons (Fsp3) is 0.300. The van der Waals surface area contributed by atoms with E-state index in [1.54, 1.807) is 4.90 Å². The van der Waals surface area contributed by atoms with Gasteiger partial charge in [-0.25, -0.2) is 0 Å². The lowest BCUT2D eigenvalue weighted by Gasteiger charge is -2.17. The van der Waals surface area contributed by atoms with Crippen LogP contribution in [0.3, 0.4) is 0 Å². The fourth-order valence-corrected chi connectivity index (χ4v) is 4.71. The SMILES string of the molecule is CCC(=O)N(c1nnc(SCC(=O)Nc2cccc3ccccc23)s1)C1CC1. The van der Waals surface area contributed by atoms with E-state index in [0.717, 1.165) is 29.3 Å². The number of fused-ring (bicyclic) bond motifs is 1. The lowest BCUT2D eigenvalue weighted by Crippen LogP contribution is -2.32. The van der Waals surface area contributed by atoms with Crippen molar-refractivity contribution in [1.29, 1.82) is 0 Å². The maximum Gasteiger partial charge on any atom is 0.234 e. The molecule has 0 radical (unpaired) electrons. The zero-order valence-corrected chi connectivity index (χ0v) is 17.1. The molecule has 0 bridgehead atoms. The van der Waals surface area contributed by atoms with Gasteiger partial charge in [0.2, 0.25) is 16.9 Å². The molecule has 1 heterocycles. The monoisotopic (exact) mass is 412 g/mol. The molecule has 1 aliphatic carbocycles. The summed E-state index contributed by atoms with van der Waals surface area (Å²) in [7, 11) is 0. The molecule has 2 amide bonds. The molecule has 0 atom stereocenters. The number of carbonyl (C=O) groups is 2. The van der Waals surface area contributed by atoms with Gasteiger partial charge < -0.3 is 5.32 Å². The molecule has 28 heavy (non-hydrogen) atoms. The molecule has 1 fully saturated rings. The number of rotatable bonds is 7. The first-order chi connectivity index (χ1) is 13.7. The van der Waals surface area contributed by atoms with Crippen molar-refractivity contribution in [2.45, 2.75) is 36.6 Å². The number of anilines is 2. The van der Waals surface area contributed by atoms with Crippen molar-refractivity contribution >= 4 is 56.5 Å². The van der Waals surface area contributed by atoms with Crippen molar-refractivity contribution in [1.82, 2.24) is 10.2 Å². The number of aromatic nitrogens is 2. The molecule has 1 saturated carbocycles. The van der Waals surface area contributed by atoms with Crippen LogP contribution in [0.2, 0.25) is 0 Å². The third kappa shape index (κ3) is 4.18. The van der Waals surface area contributed by atoms with Gasteiger partial charge in [-0.05, 0) is 24.3 Å². The Balaban J connectivity index is 1.39. The van der Waals surface area contributed by atoms with Gasteiger partial charge in [0.1, 0.15) is 0 Å². The van der Waals surface area contributed by atoms with E-state index >= 15 is 0 Å². The Morgan fingerprint density at radius 3 is 2.75 bits per heavy atom. The minimum Gasteiger partial charge on any atom is -0.325 e. The number of benzene rings is 2. The third-order valence-electron chi connectivity index (χ3n) is 4.48. The number of carbonyl (C=O) groups excluding carboxylic acids is 2. The zero-order valence-electron chi connectivity index (χ0n) is 15.4. The van der Waals surface area contributed by atoms with Crippen LogP contribution in [0.15, 0.2) is 46.8 Å². The lowest BCUT2D eigenvalue weighted by atomic mass is 10.1. The molecule has 0 aliphatic heterocycles. The average molecular weight is 413 g/mol. The fourth-order valence-electron chi connectivity index (χ4n) is 2.98. The molecular formula is C20H20N4O2S2. The van der Waals surface area contributed by atoms with Gasteiger partial charge in [-0.3, -0.25) is 14.5 Å². The Kier molecular flexibility index (Phi) is 5.59. The van der Waals surface area contributed by atoms with Crippen LogP contribution in [0.4, 0.5) is 10.8 Å². The first kappa shape index (κ1) is 18.9. The maximum absolute atomic E-state index is 12.4. The summed E-state index contributed by atoms with van der Waals surface area (Å²) in [6.07, 6.45) is 2.48. The van der Waals surface area contributed by atoms with Crippen molar-refractivity contribution < 1.29 is 9.59 Å². The molecule has 1 N–H and O–H groups in total. The first-order valence-corrected chi connectivity index (χ1v) is 11.0. The van der Waals surface area contributed by atoms with E-state index in [-0.39, 0.29) is 23.6 Å². The molecule has 0 unspecified atom stereocenters. The largest absolute Gasteiger partial charge is 0.325 e. The number of nitrogens with zero attached hydrogens (tertiary/aromatic N) is 3. The maximum atomic E-state index is 12.4. The minimum atomic E-state index is -0.0956. The van der Waals surface area contributed by atoms with Crippen LogP contribution in [-0.2, 0) is 9.59 Å². The summed E-state index contributed by atoms with van der Waals surface area (Å²) in [5, 5.41) is 14.0.